The van der Waals surface area contributed by atoms with Gasteiger partial charge in [-0.2, -0.15) is 0 Å². The number of benzene rings is 1. The largest absolute Gasteiger partial charge is 0.495 e. The molecule has 1 aromatic rings. The molecule has 1 saturated heterocycles. The lowest BCUT2D eigenvalue weighted by Gasteiger charge is -2.30. The highest BCUT2D eigenvalue weighted by molar-refractivity contribution is 5.95. The third kappa shape index (κ3) is 6.54. The standard InChI is InChI=1S/C21H33N3O3/c1-4-12-24(21(26)13-16(2)17-8-7-11-22-14-17)15-20(25)23-18-9-5-6-10-19(18)27-3/h5-6,9-10,16-17,22H,4,7-8,11-15H2,1-3H3,(H,23,25). The van der Waals surface area contributed by atoms with Crippen LogP contribution >= 0.6 is 0 Å². The quantitative estimate of drug-likeness (QED) is 0.696. The summed E-state index contributed by atoms with van der Waals surface area (Å²) in [5, 5.41) is 6.27. The molecule has 1 heterocycles. The highest BCUT2D eigenvalue weighted by Crippen LogP contribution is 2.24. The molecule has 0 spiro atoms. The number of nitrogens with one attached hydrogen (secondary N) is 2. The molecule has 6 heteroatoms. The molecule has 2 rings (SSSR count). The molecule has 1 aliphatic heterocycles. The molecule has 150 valence electrons. The molecule has 0 saturated carbocycles. The van der Waals surface area contributed by atoms with Gasteiger partial charge in [0, 0.05) is 13.0 Å². The van der Waals surface area contributed by atoms with Crippen molar-refractivity contribution in [3.63, 3.8) is 0 Å². The van der Waals surface area contributed by atoms with Gasteiger partial charge < -0.3 is 20.3 Å². The number of nitrogens with zero attached hydrogens (tertiary/aromatic N) is 1. The van der Waals surface area contributed by atoms with Crippen LogP contribution < -0.4 is 15.4 Å². The number of piperidine rings is 1. The van der Waals surface area contributed by atoms with E-state index in [2.05, 4.69) is 17.6 Å². The molecule has 0 bridgehead atoms. The van der Waals surface area contributed by atoms with Gasteiger partial charge in [-0.15, -0.1) is 0 Å². The molecule has 2 N–H and O–H groups in total. The number of para-hydroxylation sites is 2. The molecule has 1 aromatic carbocycles. The van der Waals surface area contributed by atoms with E-state index in [1.807, 2.05) is 19.1 Å². The van der Waals surface area contributed by atoms with Crippen LogP contribution in [0.4, 0.5) is 5.69 Å². The van der Waals surface area contributed by atoms with Gasteiger partial charge in [-0.25, -0.2) is 0 Å². The van der Waals surface area contributed by atoms with Gasteiger partial charge in [-0.1, -0.05) is 26.0 Å². The third-order valence-electron chi connectivity index (χ3n) is 5.20. The second-order valence-electron chi connectivity index (χ2n) is 7.35. The van der Waals surface area contributed by atoms with Crippen molar-refractivity contribution in [3.8, 4) is 5.75 Å². The molecule has 1 aliphatic rings. The van der Waals surface area contributed by atoms with Crippen molar-refractivity contribution in [2.45, 2.75) is 39.5 Å². The van der Waals surface area contributed by atoms with Crippen molar-refractivity contribution < 1.29 is 14.3 Å². The van der Waals surface area contributed by atoms with Gasteiger partial charge >= 0.3 is 0 Å². The minimum absolute atomic E-state index is 0.0603. The van der Waals surface area contributed by atoms with E-state index in [1.165, 1.54) is 12.8 Å². The summed E-state index contributed by atoms with van der Waals surface area (Å²) in [4.78, 5) is 27.0. The molecular formula is C21H33N3O3. The minimum Gasteiger partial charge on any atom is -0.495 e. The summed E-state index contributed by atoms with van der Waals surface area (Å²) in [6.07, 6.45) is 3.66. The average Bonchev–Trinajstić information content (AvgIpc) is 2.68. The summed E-state index contributed by atoms with van der Waals surface area (Å²) in [5.41, 5.74) is 0.621. The minimum atomic E-state index is -0.201. The van der Waals surface area contributed by atoms with Crippen molar-refractivity contribution in [2.75, 3.05) is 38.6 Å². The zero-order valence-corrected chi connectivity index (χ0v) is 16.8. The maximum atomic E-state index is 12.8. The van der Waals surface area contributed by atoms with E-state index in [9.17, 15) is 9.59 Å². The van der Waals surface area contributed by atoms with Crippen molar-refractivity contribution in [3.05, 3.63) is 24.3 Å². The Balaban J connectivity index is 1.92. The number of carbonyl (C=O) groups excluding carboxylic acids is 2. The predicted octanol–water partition coefficient (Wildman–Crippen LogP) is 2.90. The topological polar surface area (TPSA) is 70.7 Å². The normalized spacial score (nSPS) is 17.8. The van der Waals surface area contributed by atoms with E-state index in [0.29, 0.717) is 36.2 Å². The smallest absolute Gasteiger partial charge is 0.244 e. The Kier molecular flexibility index (Phi) is 8.58. The van der Waals surface area contributed by atoms with E-state index >= 15 is 0 Å². The van der Waals surface area contributed by atoms with Gasteiger partial charge in [0.1, 0.15) is 5.75 Å². The van der Waals surface area contributed by atoms with Crippen LogP contribution in [0.2, 0.25) is 0 Å². The van der Waals surface area contributed by atoms with Crippen molar-refractivity contribution in [2.24, 2.45) is 11.8 Å². The van der Waals surface area contributed by atoms with Crippen molar-refractivity contribution in [1.82, 2.24) is 10.2 Å². The average molecular weight is 376 g/mol. The Hall–Kier alpha value is -2.08. The molecule has 2 unspecified atom stereocenters. The Morgan fingerprint density at radius 2 is 2.15 bits per heavy atom. The van der Waals surface area contributed by atoms with E-state index in [4.69, 9.17) is 4.74 Å². The van der Waals surface area contributed by atoms with Gasteiger partial charge in [0.05, 0.1) is 19.3 Å². The Labute approximate surface area is 162 Å². The maximum Gasteiger partial charge on any atom is 0.244 e. The number of rotatable bonds is 9. The Bertz CT molecular complexity index is 614. The number of methoxy groups -OCH3 is 1. The molecule has 27 heavy (non-hydrogen) atoms. The predicted molar refractivity (Wildman–Crippen MR) is 108 cm³/mol. The fourth-order valence-corrected chi connectivity index (χ4v) is 3.61. The first kappa shape index (κ1) is 21.2. The monoisotopic (exact) mass is 375 g/mol. The SMILES string of the molecule is CCCN(CC(=O)Nc1ccccc1OC)C(=O)CC(C)C1CCCNC1. The zero-order valence-electron chi connectivity index (χ0n) is 16.8. The molecule has 0 radical (unpaired) electrons. The Morgan fingerprint density at radius 3 is 2.81 bits per heavy atom. The molecule has 2 amide bonds. The summed E-state index contributed by atoms with van der Waals surface area (Å²) in [6.45, 7) is 6.88. The highest BCUT2D eigenvalue weighted by Gasteiger charge is 2.25. The van der Waals surface area contributed by atoms with Crippen LogP contribution in [-0.2, 0) is 9.59 Å². The lowest BCUT2D eigenvalue weighted by molar-refractivity contribution is -0.135. The van der Waals surface area contributed by atoms with Gasteiger partial charge in [0.15, 0.2) is 0 Å². The Morgan fingerprint density at radius 1 is 1.37 bits per heavy atom. The number of amides is 2. The first-order valence-electron chi connectivity index (χ1n) is 9.96. The zero-order chi connectivity index (χ0) is 19.6. The van der Waals surface area contributed by atoms with Crippen LogP contribution in [0.25, 0.3) is 0 Å². The van der Waals surface area contributed by atoms with E-state index in [1.54, 1.807) is 24.1 Å². The molecule has 6 nitrogen and oxygen atoms in total. The van der Waals surface area contributed by atoms with Crippen LogP contribution in [-0.4, -0.2) is 50.0 Å². The van der Waals surface area contributed by atoms with Crippen molar-refractivity contribution >= 4 is 17.5 Å². The highest BCUT2D eigenvalue weighted by atomic mass is 16.5. The molecule has 0 aromatic heterocycles. The number of hydrogen-bond acceptors (Lipinski definition) is 4. The summed E-state index contributed by atoms with van der Waals surface area (Å²) in [7, 11) is 1.57. The van der Waals surface area contributed by atoms with E-state index in [-0.39, 0.29) is 18.4 Å². The number of carbonyl (C=O) groups is 2. The van der Waals surface area contributed by atoms with Gasteiger partial charge in [0.25, 0.3) is 0 Å². The lowest BCUT2D eigenvalue weighted by Crippen LogP contribution is -2.41. The summed E-state index contributed by atoms with van der Waals surface area (Å²) >= 11 is 0. The van der Waals surface area contributed by atoms with Crippen LogP contribution in [0.5, 0.6) is 5.75 Å². The van der Waals surface area contributed by atoms with E-state index in [0.717, 1.165) is 19.5 Å². The van der Waals surface area contributed by atoms with Crippen LogP contribution in [0.15, 0.2) is 24.3 Å². The second kappa shape index (κ2) is 10.9. The molecule has 1 fully saturated rings. The van der Waals surface area contributed by atoms with Crippen molar-refractivity contribution in [1.29, 1.82) is 0 Å². The first-order valence-corrected chi connectivity index (χ1v) is 9.96. The number of ether oxygens (including phenoxy) is 1. The van der Waals surface area contributed by atoms with Gasteiger partial charge in [0.2, 0.25) is 11.8 Å². The third-order valence-corrected chi connectivity index (χ3v) is 5.20. The van der Waals surface area contributed by atoms with E-state index < -0.39 is 0 Å². The number of anilines is 1. The first-order chi connectivity index (χ1) is 13.0. The van der Waals surface area contributed by atoms with Crippen LogP contribution in [0.1, 0.15) is 39.5 Å². The van der Waals surface area contributed by atoms with Crippen LogP contribution in [0, 0.1) is 11.8 Å². The summed E-state index contributed by atoms with van der Waals surface area (Å²) < 4.78 is 5.26. The number of hydrogen-bond donors (Lipinski definition) is 2. The molecule has 0 aliphatic carbocycles. The fraction of sp³-hybridized carbons (Fsp3) is 0.619. The maximum absolute atomic E-state index is 12.8. The van der Waals surface area contributed by atoms with Crippen LogP contribution in [0.3, 0.4) is 0 Å². The fourth-order valence-electron chi connectivity index (χ4n) is 3.61. The molecular weight excluding hydrogens is 342 g/mol. The van der Waals surface area contributed by atoms with Gasteiger partial charge in [-0.3, -0.25) is 9.59 Å². The summed E-state index contributed by atoms with van der Waals surface area (Å²) in [6, 6.07) is 7.28. The second-order valence-corrected chi connectivity index (χ2v) is 7.35. The van der Waals surface area contributed by atoms with Gasteiger partial charge in [-0.05, 0) is 56.3 Å². The summed E-state index contributed by atoms with van der Waals surface area (Å²) in [5.74, 6) is 1.33. The lowest BCUT2D eigenvalue weighted by atomic mass is 9.85. The molecule has 2 atom stereocenters.